The zero-order valence-corrected chi connectivity index (χ0v) is 19.1. The van der Waals surface area contributed by atoms with E-state index in [9.17, 15) is 19.2 Å². The summed E-state index contributed by atoms with van der Waals surface area (Å²) >= 11 is 0. The number of rotatable bonds is 5. The first-order valence-corrected chi connectivity index (χ1v) is 11.4. The lowest BCUT2D eigenvalue weighted by Gasteiger charge is -2.43. The van der Waals surface area contributed by atoms with Crippen LogP contribution in [0.1, 0.15) is 58.4 Å². The van der Waals surface area contributed by atoms with Gasteiger partial charge in [0, 0.05) is 25.2 Å². The number of hydrogen-bond donors (Lipinski definition) is 2. The number of carbonyl (C=O) groups excluding carboxylic acids is 4. The molecule has 1 aromatic carbocycles. The standard InChI is InChI=1S/C24H32N4O4/c1-16-11-23(2,3)15-24(12-16)21(31)28(22(32)26-24)14-19(29)25-13-17-6-8-18(9-7-17)27-10-4-5-20(27)30/h6-9,16H,4-5,10-15H2,1-3H3,(H,25,29)(H,26,32)/t16-,24-/m0/s1. The Morgan fingerprint density at radius 1 is 1.16 bits per heavy atom. The summed E-state index contributed by atoms with van der Waals surface area (Å²) in [6.45, 7) is 7.06. The fourth-order valence-corrected chi connectivity index (χ4v) is 5.76. The average Bonchev–Trinajstić information content (AvgIpc) is 3.22. The second-order valence-electron chi connectivity index (χ2n) is 10.4. The van der Waals surface area contributed by atoms with E-state index in [4.69, 9.17) is 0 Å². The summed E-state index contributed by atoms with van der Waals surface area (Å²) in [4.78, 5) is 52.9. The molecule has 2 aliphatic heterocycles. The van der Waals surface area contributed by atoms with Gasteiger partial charge in [-0.1, -0.05) is 32.9 Å². The van der Waals surface area contributed by atoms with Crippen LogP contribution in [0.25, 0.3) is 0 Å². The Balaban J connectivity index is 1.33. The molecule has 3 fully saturated rings. The molecule has 32 heavy (non-hydrogen) atoms. The number of nitrogens with zero attached hydrogens (tertiary/aromatic N) is 2. The third-order valence-electron chi connectivity index (χ3n) is 6.74. The summed E-state index contributed by atoms with van der Waals surface area (Å²) in [6, 6.07) is 7.00. The molecule has 2 saturated heterocycles. The van der Waals surface area contributed by atoms with Crippen molar-refractivity contribution in [2.75, 3.05) is 18.0 Å². The molecule has 1 spiro atoms. The van der Waals surface area contributed by atoms with Gasteiger partial charge in [0.05, 0.1) is 0 Å². The number of urea groups is 1. The summed E-state index contributed by atoms with van der Waals surface area (Å²) in [7, 11) is 0. The van der Waals surface area contributed by atoms with Crippen molar-refractivity contribution in [2.24, 2.45) is 11.3 Å². The first-order chi connectivity index (χ1) is 15.1. The Kier molecular flexibility index (Phi) is 5.73. The molecule has 3 aliphatic rings. The topological polar surface area (TPSA) is 98.8 Å². The molecule has 8 heteroatoms. The number of imide groups is 1. The highest BCUT2D eigenvalue weighted by Gasteiger charge is 2.56. The van der Waals surface area contributed by atoms with Crippen molar-refractivity contribution in [1.82, 2.24) is 15.5 Å². The molecule has 5 amide bonds. The Bertz CT molecular complexity index is 942. The van der Waals surface area contributed by atoms with Gasteiger partial charge in [-0.05, 0) is 54.7 Å². The van der Waals surface area contributed by atoms with Crippen molar-refractivity contribution < 1.29 is 19.2 Å². The Labute approximate surface area is 188 Å². The molecular formula is C24H32N4O4. The summed E-state index contributed by atoms with van der Waals surface area (Å²) in [5.41, 5.74) is 0.786. The Morgan fingerprint density at radius 3 is 2.50 bits per heavy atom. The predicted octanol–water partition coefficient (Wildman–Crippen LogP) is 2.57. The molecule has 4 rings (SSSR count). The number of amides is 5. The van der Waals surface area contributed by atoms with Crippen LogP contribution in [0.3, 0.4) is 0 Å². The minimum Gasteiger partial charge on any atom is -0.350 e. The van der Waals surface area contributed by atoms with Gasteiger partial charge >= 0.3 is 6.03 Å². The van der Waals surface area contributed by atoms with Crippen LogP contribution in [-0.4, -0.2) is 47.3 Å². The molecule has 172 valence electrons. The Morgan fingerprint density at radius 2 is 1.88 bits per heavy atom. The zero-order valence-electron chi connectivity index (χ0n) is 19.1. The zero-order chi connectivity index (χ0) is 23.1. The second kappa shape index (κ2) is 8.22. The molecular weight excluding hydrogens is 408 g/mol. The molecule has 0 aromatic heterocycles. The van der Waals surface area contributed by atoms with E-state index in [-0.39, 0.29) is 36.2 Å². The van der Waals surface area contributed by atoms with E-state index in [1.165, 1.54) is 0 Å². The highest BCUT2D eigenvalue weighted by Crippen LogP contribution is 2.46. The van der Waals surface area contributed by atoms with Gasteiger partial charge in [0.2, 0.25) is 11.8 Å². The van der Waals surface area contributed by atoms with Gasteiger partial charge in [-0.15, -0.1) is 0 Å². The smallest absolute Gasteiger partial charge is 0.325 e. The van der Waals surface area contributed by atoms with E-state index < -0.39 is 11.6 Å². The quantitative estimate of drug-likeness (QED) is 0.688. The van der Waals surface area contributed by atoms with Gasteiger partial charge in [-0.2, -0.15) is 0 Å². The maximum Gasteiger partial charge on any atom is 0.325 e. The highest BCUT2D eigenvalue weighted by molar-refractivity contribution is 6.09. The van der Waals surface area contributed by atoms with Crippen LogP contribution in [0.2, 0.25) is 0 Å². The van der Waals surface area contributed by atoms with Crippen LogP contribution in [0, 0.1) is 11.3 Å². The largest absolute Gasteiger partial charge is 0.350 e. The number of carbonyl (C=O) groups is 4. The van der Waals surface area contributed by atoms with Gasteiger partial charge in [0.1, 0.15) is 12.1 Å². The normalized spacial score (nSPS) is 27.2. The van der Waals surface area contributed by atoms with Gasteiger partial charge in [-0.25, -0.2) is 4.79 Å². The lowest BCUT2D eigenvalue weighted by Crippen LogP contribution is -2.54. The van der Waals surface area contributed by atoms with Crippen LogP contribution >= 0.6 is 0 Å². The van der Waals surface area contributed by atoms with E-state index in [2.05, 4.69) is 31.4 Å². The van der Waals surface area contributed by atoms with Crippen LogP contribution in [-0.2, 0) is 20.9 Å². The molecule has 1 aromatic rings. The van der Waals surface area contributed by atoms with Gasteiger partial charge < -0.3 is 15.5 Å². The highest BCUT2D eigenvalue weighted by atomic mass is 16.2. The summed E-state index contributed by atoms with van der Waals surface area (Å²) in [6.07, 6.45) is 3.64. The number of nitrogens with one attached hydrogen (secondary N) is 2. The minimum absolute atomic E-state index is 0.0509. The number of anilines is 1. The van der Waals surface area contributed by atoms with Crippen molar-refractivity contribution in [3.05, 3.63) is 29.8 Å². The van der Waals surface area contributed by atoms with Gasteiger partial charge in [0.15, 0.2) is 0 Å². The van der Waals surface area contributed by atoms with Crippen molar-refractivity contribution in [3.8, 4) is 0 Å². The van der Waals surface area contributed by atoms with Crippen molar-refractivity contribution >= 4 is 29.4 Å². The maximum atomic E-state index is 13.2. The van der Waals surface area contributed by atoms with Crippen LogP contribution in [0.4, 0.5) is 10.5 Å². The third kappa shape index (κ3) is 4.36. The van der Waals surface area contributed by atoms with Crippen molar-refractivity contribution in [2.45, 2.75) is 65.0 Å². The summed E-state index contributed by atoms with van der Waals surface area (Å²) in [5, 5.41) is 5.68. The van der Waals surface area contributed by atoms with Crippen LogP contribution in [0.5, 0.6) is 0 Å². The lowest BCUT2D eigenvalue weighted by atomic mass is 9.64. The lowest BCUT2D eigenvalue weighted by molar-refractivity contribution is -0.137. The predicted molar refractivity (Wildman–Crippen MR) is 120 cm³/mol. The molecule has 0 bridgehead atoms. The number of benzene rings is 1. The van der Waals surface area contributed by atoms with Crippen LogP contribution < -0.4 is 15.5 Å². The van der Waals surface area contributed by atoms with Gasteiger partial charge in [0.25, 0.3) is 5.91 Å². The van der Waals surface area contributed by atoms with E-state index in [1.807, 2.05) is 24.3 Å². The van der Waals surface area contributed by atoms with Crippen molar-refractivity contribution in [1.29, 1.82) is 0 Å². The third-order valence-corrected chi connectivity index (χ3v) is 6.74. The first kappa shape index (κ1) is 22.3. The average molecular weight is 441 g/mol. The van der Waals surface area contributed by atoms with E-state index in [1.54, 1.807) is 4.90 Å². The first-order valence-electron chi connectivity index (χ1n) is 11.4. The molecule has 2 atom stereocenters. The molecule has 1 saturated carbocycles. The number of hydrogen-bond acceptors (Lipinski definition) is 4. The molecule has 0 radical (unpaired) electrons. The molecule has 0 unspecified atom stereocenters. The van der Waals surface area contributed by atoms with Crippen LogP contribution in [0.15, 0.2) is 24.3 Å². The fraction of sp³-hybridized carbons (Fsp3) is 0.583. The van der Waals surface area contributed by atoms with Gasteiger partial charge in [-0.3, -0.25) is 19.3 Å². The Hall–Kier alpha value is -2.90. The van der Waals surface area contributed by atoms with E-state index >= 15 is 0 Å². The second-order valence-corrected chi connectivity index (χ2v) is 10.4. The van der Waals surface area contributed by atoms with E-state index in [0.717, 1.165) is 35.5 Å². The molecule has 8 nitrogen and oxygen atoms in total. The molecule has 2 N–H and O–H groups in total. The monoisotopic (exact) mass is 440 g/mol. The summed E-state index contributed by atoms with van der Waals surface area (Å²) in [5.74, 6) is -0.229. The fourth-order valence-electron chi connectivity index (χ4n) is 5.76. The molecule has 2 heterocycles. The summed E-state index contributed by atoms with van der Waals surface area (Å²) < 4.78 is 0. The maximum absolute atomic E-state index is 13.2. The molecule has 1 aliphatic carbocycles. The van der Waals surface area contributed by atoms with E-state index in [0.29, 0.717) is 25.2 Å². The van der Waals surface area contributed by atoms with Crippen molar-refractivity contribution in [3.63, 3.8) is 0 Å². The minimum atomic E-state index is -0.901. The SMILES string of the molecule is C[C@H]1CC(C)(C)C[C@]2(C1)NC(=O)N(CC(=O)NCc1ccc(N3CCCC3=O)cc1)C2=O.